The predicted octanol–water partition coefficient (Wildman–Crippen LogP) is 1.62. The highest BCUT2D eigenvalue weighted by atomic mass is 32.1. The standard InChI is InChI=1S/C11H10N4O2S/c1-7-4-9(17-14-7)10(16)12-5-8-6-15-2-3-18-11(15)13-8/h2-4,6H,5H2,1H3,(H,12,16). The SMILES string of the molecule is Cc1cc(C(=O)NCc2cn3ccsc3n2)on1. The minimum absolute atomic E-state index is 0.216. The quantitative estimate of drug-likeness (QED) is 0.778. The van der Waals surface area contributed by atoms with Gasteiger partial charge in [-0.1, -0.05) is 5.16 Å². The average molecular weight is 262 g/mol. The van der Waals surface area contributed by atoms with Crippen molar-refractivity contribution in [3.8, 4) is 0 Å². The summed E-state index contributed by atoms with van der Waals surface area (Å²) in [6.45, 7) is 2.14. The van der Waals surface area contributed by atoms with Gasteiger partial charge in [0.15, 0.2) is 4.96 Å². The number of amides is 1. The second kappa shape index (κ2) is 4.26. The highest BCUT2D eigenvalue weighted by molar-refractivity contribution is 7.15. The van der Waals surface area contributed by atoms with Crippen LogP contribution in [0.15, 0.2) is 28.4 Å². The smallest absolute Gasteiger partial charge is 0.290 e. The minimum atomic E-state index is -0.285. The van der Waals surface area contributed by atoms with E-state index in [1.165, 1.54) is 0 Å². The number of hydrogen-bond donors (Lipinski definition) is 1. The monoisotopic (exact) mass is 262 g/mol. The van der Waals surface area contributed by atoms with Crippen molar-refractivity contribution in [1.29, 1.82) is 0 Å². The lowest BCUT2D eigenvalue weighted by atomic mass is 10.3. The van der Waals surface area contributed by atoms with Crippen molar-refractivity contribution in [3.05, 3.63) is 41.0 Å². The van der Waals surface area contributed by atoms with E-state index in [0.29, 0.717) is 12.2 Å². The fourth-order valence-corrected chi connectivity index (χ4v) is 2.31. The first-order valence-corrected chi connectivity index (χ1v) is 6.23. The zero-order valence-electron chi connectivity index (χ0n) is 9.58. The van der Waals surface area contributed by atoms with Crippen LogP contribution in [-0.4, -0.2) is 20.4 Å². The first-order chi connectivity index (χ1) is 8.72. The summed E-state index contributed by atoms with van der Waals surface area (Å²) >= 11 is 1.55. The molecule has 0 aromatic carbocycles. The fraction of sp³-hybridized carbons (Fsp3) is 0.182. The van der Waals surface area contributed by atoms with E-state index in [2.05, 4.69) is 15.5 Å². The number of thiazole rings is 1. The van der Waals surface area contributed by atoms with Crippen LogP contribution in [0, 0.1) is 6.92 Å². The Balaban J connectivity index is 1.67. The first kappa shape index (κ1) is 11.0. The molecule has 3 rings (SSSR count). The van der Waals surface area contributed by atoms with Gasteiger partial charge >= 0.3 is 0 Å². The van der Waals surface area contributed by atoms with Crippen molar-refractivity contribution >= 4 is 22.2 Å². The zero-order valence-corrected chi connectivity index (χ0v) is 10.4. The number of aryl methyl sites for hydroxylation is 1. The summed E-state index contributed by atoms with van der Waals surface area (Å²) in [5, 5.41) is 8.36. The summed E-state index contributed by atoms with van der Waals surface area (Å²) in [6, 6.07) is 1.60. The summed E-state index contributed by atoms with van der Waals surface area (Å²) in [6.07, 6.45) is 3.82. The molecule has 7 heteroatoms. The van der Waals surface area contributed by atoms with Gasteiger partial charge in [-0.2, -0.15) is 0 Å². The second-order valence-electron chi connectivity index (χ2n) is 3.84. The highest BCUT2D eigenvalue weighted by Crippen LogP contribution is 2.11. The molecule has 0 atom stereocenters. The van der Waals surface area contributed by atoms with Gasteiger partial charge in [0.1, 0.15) is 0 Å². The van der Waals surface area contributed by atoms with Crippen LogP contribution in [0.4, 0.5) is 0 Å². The third-order valence-corrected chi connectivity index (χ3v) is 3.20. The summed E-state index contributed by atoms with van der Waals surface area (Å²) < 4.78 is 6.79. The van der Waals surface area contributed by atoms with Crippen LogP contribution in [0.2, 0.25) is 0 Å². The lowest BCUT2D eigenvalue weighted by molar-refractivity contribution is 0.0913. The topological polar surface area (TPSA) is 72.4 Å². The van der Waals surface area contributed by atoms with Crippen LogP contribution in [0.1, 0.15) is 21.9 Å². The number of rotatable bonds is 3. The van der Waals surface area contributed by atoms with Gasteiger partial charge in [-0.25, -0.2) is 4.98 Å². The molecule has 6 nitrogen and oxygen atoms in total. The maximum atomic E-state index is 11.7. The van der Waals surface area contributed by atoms with Gasteiger partial charge in [-0.15, -0.1) is 11.3 Å². The van der Waals surface area contributed by atoms with Crippen molar-refractivity contribution < 1.29 is 9.32 Å². The van der Waals surface area contributed by atoms with E-state index in [1.807, 2.05) is 22.2 Å². The number of nitrogens with zero attached hydrogens (tertiary/aromatic N) is 3. The molecular weight excluding hydrogens is 252 g/mol. The largest absolute Gasteiger partial charge is 0.351 e. The van der Waals surface area contributed by atoms with Crippen LogP contribution < -0.4 is 5.32 Å². The van der Waals surface area contributed by atoms with E-state index >= 15 is 0 Å². The molecule has 0 bridgehead atoms. The number of imidazole rings is 1. The van der Waals surface area contributed by atoms with Crippen LogP contribution in [0.3, 0.4) is 0 Å². The van der Waals surface area contributed by atoms with Gasteiger partial charge in [0, 0.05) is 23.8 Å². The number of carbonyl (C=O) groups is 1. The molecule has 0 aliphatic heterocycles. The maximum absolute atomic E-state index is 11.7. The molecule has 0 saturated carbocycles. The Bertz CT molecular complexity index is 668. The zero-order chi connectivity index (χ0) is 12.5. The molecule has 3 heterocycles. The summed E-state index contributed by atoms with van der Waals surface area (Å²) in [5.74, 6) is -0.0690. The molecule has 92 valence electrons. The third-order valence-electron chi connectivity index (χ3n) is 2.42. The molecule has 3 aromatic rings. The van der Waals surface area contributed by atoms with Gasteiger partial charge in [0.05, 0.1) is 17.9 Å². The molecule has 3 aromatic heterocycles. The number of carbonyl (C=O) groups excluding carboxylic acids is 1. The molecule has 0 spiro atoms. The average Bonchev–Trinajstić information content (AvgIpc) is 3.00. The molecular formula is C11H10N4O2S. The van der Waals surface area contributed by atoms with Gasteiger partial charge in [-0.3, -0.25) is 9.20 Å². The molecule has 0 aliphatic carbocycles. The van der Waals surface area contributed by atoms with Crippen LogP contribution >= 0.6 is 11.3 Å². The lowest BCUT2D eigenvalue weighted by Crippen LogP contribution is -2.22. The molecule has 0 radical (unpaired) electrons. The van der Waals surface area contributed by atoms with Crippen molar-refractivity contribution in [1.82, 2.24) is 19.9 Å². The molecule has 0 unspecified atom stereocenters. The first-order valence-electron chi connectivity index (χ1n) is 5.35. The van der Waals surface area contributed by atoms with Crippen molar-refractivity contribution in [2.45, 2.75) is 13.5 Å². The van der Waals surface area contributed by atoms with E-state index in [-0.39, 0.29) is 11.7 Å². The Kier molecular flexibility index (Phi) is 2.60. The van der Waals surface area contributed by atoms with E-state index in [0.717, 1.165) is 10.7 Å². The number of hydrogen-bond acceptors (Lipinski definition) is 5. The fourth-order valence-electron chi connectivity index (χ4n) is 1.59. The normalized spacial score (nSPS) is 10.9. The third kappa shape index (κ3) is 2.00. The molecule has 18 heavy (non-hydrogen) atoms. The van der Waals surface area contributed by atoms with E-state index in [4.69, 9.17) is 4.52 Å². The van der Waals surface area contributed by atoms with Crippen molar-refractivity contribution in [2.75, 3.05) is 0 Å². The Morgan fingerprint density at radius 3 is 3.22 bits per heavy atom. The summed E-state index contributed by atoms with van der Waals surface area (Å²) in [5.41, 5.74) is 1.49. The minimum Gasteiger partial charge on any atom is -0.351 e. The molecule has 0 saturated heterocycles. The van der Waals surface area contributed by atoms with Gasteiger partial charge in [-0.05, 0) is 6.92 Å². The molecule has 1 amide bonds. The molecule has 1 N–H and O–H groups in total. The van der Waals surface area contributed by atoms with E-state index < -0.39 is 0 Å². The Morgan fingerprint density at radius 1 is 1.61 bits per heavy atom. The summed E-state index contributed by atoms with van der Waals surface area (Å²) in [7, 11) is 0. The van der Waals surface area contributed by atoms with Crippen molar-refractivity contribution in [3.63, 3.8) is 0 Å². The summed E-state index contributed by atoms with van der Waals surface area (Å²) in [4.78, 5) is 17.0. The maximum Gasteiger partial charge on any atom is 0.290 e. The Labute approximate surface area is 106 Å². The molecule has 0 aliphatic rings. The van der Waals surface area contributed by atoms with Crippen LogP contribution in [0.5, 0.6) is 0 Å². The number of fused-ring (bicyclic) bond motifs is 1. The molecule has 0 fully saturated rings. The Morgan fingerprint density at radius 2 is 2.50 bits per heavy atom. The van der Waals surface area contributed by atoms with E-state index in [1.54, 1.807) is 24.3 Å². The van der Waals surface area contributed by atoms with E-state index in [9.17, 15) is 4.79 Å². The second-order valence-corrected chi connectivity index (χ2v) is 4.71. The number of nitrogens with one attached hydrogen (secondary N) is 1. The highest BCUT2D eigenvalue weighted by Gasteiger charge is 2.11. The lowest BCUT2D eigenvalue weighted by Gasteiger charge is -1.98. The Hall–Kier alpha value is -2.15. The van der Waals surface area contributed by atoms with Crippen LogP contribution in [-0.2, 0) is 6.54 Å². The van der Waals surface area contributed by atoms with Gasteiger partial charge in [0.2, 0.25) is 5.76 Å². The number of aromatic nitrogens is 3. The predicted molar refractivity (Wildman–Crippen MR) is 65.5 cm³/mol. The van der Waals surface area contributed by atoms with Gasteiger partial charge in [0.25, 0.3) is 5.91 Å². The van der Waals surface area contributed by atoms with Crippen molar-refractivity contribution in [2.24, 2.45) is 0 Å². The van der Waals surface area contributed by atoms with Gasteiger partial charge < -0.3 is 9.84 Å². The van der Waals surface area contributed by atoms with Crippen LogP contribution in [0.25, 0.3) is 4.96 Å².